The van der Waals surface area contributed by atoms with Crippen LogP contribution in [0.3, 0.4) is 0 Å². The summed E-state index contributed by atoms with van der Waals surface area (Å²) >= 11 is 5.91. The molecule has 0 fully saturated rings. The molecule has 0 spiro atoms. The number of methoxy groups -OCH3 is 1. The van der Waals surface area contributed by atoms with E-state index in [1.807, 2.05) is 32.0 Å². The number of rotatable bonds is 4. The van der Waals surface area contributed by atoms with Crippen LogP contribution in [0.5, 0.6) is 5.75 Å². The lowest BCUT2D eigenvalue weighted by molar-refractivity contribution is -0.112. The zero-order valence-electron chi connectivity index (χ0n) is 13.7. The fraction of sp³-hybridized carbons (Fsp3) is 0.158. The van der Waals surface area contributed by atoms with Gasteiger partial charge in [0.05, 0.1) is 7.11 Å². The van der Waals surface area contributed by atoms with E-state index in [1.165, 1.54) is 0 Å². The molecule has 0 aliphatic rings. The third kappa shape index (κ3) is 4.15. The molecule has 0 bridgehead atoms. The van der Waals surface area contributed by atoms with Crippen LogP contribution < -0.4 is 10.1 Å². The van der Waals surface area contributed by atoms with Crippen molar-refractivity contribution in [2.24, 2.45) is 0 Å². The number of amides is 1. The van der Waals surface area contributed by atoms with E-state index in [9.17, 15) is 10.1 Å². The Kier molecular flexibility index (Phi) is 5.62. The van der Waals surface area contributed by atoms with Crippen molar-refractivity contribution in [1.82, 2.24) is 0 Å². The van der Waals surface area contributed by atoms with Crippen LogP contribution in [0.2, 0.25) is 5.02 Å². The van der Waals surface area contributed by atoms with Crippen molar-refractivity contribution in [3.05, 3.63) is 63.7 Å². The first-order chi connectivity index (χ1) is 11.4. The van der Waals surface area contributed by atoms with Crippen molar-refractivity contribution >= 4 is 29.3 Å². The molecule has 2 rings (SSSR count). The van der Waals surface area contributed by atoms with Crippen LogP contribution in [0.15, 0.2) is 42.0 Å². The molecule has 0 saturated heterocycles. The largest absolute Gasteiger partial charge is 0.497 e. The SMILES string of the molecule is COc1ccc(/C=C(\C#N)C(=O)Nc2ccc(Cl)cc2C)c(C)c1. The Hall–Kier alpha value is -2.77. The van der Waals surface area contributed by atoms with E-state index in [1.54, 1.807) is 37.5 Å². The number of nitrogens with zero attached hydrogens (tertiary/aromatic N) is 1. The van der Waals surface area contributed by atoms with E-state index >= 15 is 0 Å². The molecule has 5 heteroatoms. The van der Waals surface area contributed by atoms with Gasteiger partial charge in [0.25, 0.3) is 5.91 Å². The van der Waals surface area contributed by atoms with Crippen LogP contribution in [-0.2, 0) is 4.79 Å². The summed E-state index contributed by atoms with van der Waals surface area (Å²) in [6.45, 7) is 3.73. The molecule has 1 amide bonds. The molecule has 2 aromatic carbocycles. The average Bonchev–Trinajstić information content (AvgIpc) is 2.56. The molecular formula is C19H17ClN2O2. The lowest BCUT2D eigenvalue weighted by Gasteiger charge is -2.09. The lowest BCUT2D eigenvalue weighted by atomic mass is 10.0. The molecule has 122 valence electrons. The van der Waals surface area contributed by atoms with Crippen LogP contribution >= 0.6 is 11.6 Å². The second kappa shape index (κ2) is 7.67. The average molecular weight is 341 g/mol. The fourth-order valence-corrected chi connectivity index (χ4v) is 2.42. The van der Waals surface area contributed by atoms with Crippen molar-refractivity contribution in [2.75, 3.05) is 12.4 Å². The molecule has 2 aromatic rings. The van der Waals surface area contributed by atoms with Gasteiger partial charge in [0.1, 0.15) is 17.4 Å². The van der Waals surface area contributed by atoms with Crippen molar-refractivity contribution in [1.29, 1.82) is 5.26 Å². The number of hydrogen-bond acceptors (Lipinski definition) is 3. The van der Waals surface area contributed by atoms with Crippen LogP contribution in [0.25, 0.3) is 6.08 Å². The number of halogens is 1. The van der Waals surface area contributed by atoms with E-state index in [0.29, 0.717) is 10.7 Å². The summed E-state index contributed by atoms with van der Waals surface area (Å²) in [6.07, 6.45) is 1.56. The molecular weight excluding hydrogens is 324 g/mol. The Bertz CT molecular complexity index is 851. The monoisotopic (exact) mass is 340 g/mol. The maximum absolute atomic E-state index is 12.4. The van der Waals surface area contributed by atoms with E-state index in [2.05, 4.69) is 5.32 Å². The van der Waals surface area contributed by atoms with E-state index in [-0.39, 0.29) is 5.57 Å². The van der Waals surface area contributed by atoms with Gasteiger partial charge in [-0.05, 0) is 66.9 Å². The van der Waals surface area contributed by atoms with Gasteiger partial charge in [-0.15, -0.1) is 0 Å². The minimum atomic E-state index is -0.460. The minimum Gasteiger partial charge on any atom is -0.497 e. The Balaban J connectivity index is 2.27. The summed E-state index contributed by atoms with van der Waals surface area (Å²) in [7, 11) is 1.59. The highest BCUT2D eigenvalue weighted by Gasteiger charge is 2.12. The standard InChI is InChI=1S/C19H17ClN2O2/c1-12-9-17(24-3)6-4-14(12)10-15(11-21)19(23)22-18-7-5-16(20)8-13(18)2/h4-10H,1-3H3,(H,22,23)/b15-10+. The molecule has 0 heterocycles. The van der Waals surface area contributed by atoms with Gasteiger partial charge in [0.15, 0.2) is 0 Å². The van der Waals surface area contributed by atoms with Gasteiger partial charge in [0, 0.05) is 10.7 Å². The molecule has 0 aliphatic heterocycles. The molecule has 0 unspecified atom stereocenters. The first-order valence-electron chi connectivity index (χ1n) is 7.28. The summed E-state index contributed by atoms with van der Waals surface area (Å²) in [6, 6.07) is 12.5. The van der Waals surface area contributed by atoms with E-state index in [4.69, 9.17) is 16.3 Å². The second-order valence-electron chi connectivity index (χ2n) is 5.31. The Labute approximate surface area is 146 Å². The van der Waals surface area contributed by atoms with Gasteiger partial charge in [-0.3, -0.25) is 4.79 Å². The first kappa shape index (κ1) is 17.6. The Morgan fingerprint density at radius 2 is 1.96 bits per heavy atom. The molecule has 1 N–H and O–H groups in total. The number of carbonyl (C=O) groups excluding carboxylic acids is 1. The van der Waals surface area contributed by atoms with Crippen LogP contribution in [-0.4, -0.2) is 13.0 Å². The van der Waals surface area contributed by atoms with Gasteiger partial charge in [-0.2, -0.15) is 5.26 Å². The lowest BCUT2D eigenvalue weighted by Crippen LogP contribution is -2.14. The maximum atomic E-state index is 12.4. The number of ether oxygens (including phenoxy) is 1. The van der Waals surface area contributed by atoms with Crippen LogP contribution in [0, 0.1) is 25.2 Å². The van der Waals surface area contributed by atoms with Crippen molar-refractivity contribution in [3.63, 3.8) is 0 Å². The normalized spacial score (nSPS) is 10.9. The number of hydrogen-bond donors (Lipinski definition) is 1. The number of carbonyl (C=O) groups is 1. The van der Waals surface area contributed by atoms with Gasteiger partial charge in [0.2, 0.25) is 0 Å². The highest BCUT2D eigenvalue weighted by molar-refractivity contribution is 6.30. The van der Waals surface area contributed by atoms with Crippen LogP contribution in [0.4, 0.5) is 5.69 Å². The summed E-state index contributed by atoms with van der Waals surface area (Å²) in [5, 5.41) is 12.6. The van der Waals surface area contributed by atoms with Crippen molar-refractivity contribution < 1.29 is 9.53 Å². The Morgan fingerprint density at radius 1 is 1.21 bits per heavy atom. The summed E-state index contributed by atoms with van der Waals surface area (Å²) in [5.74, 6) is 0.266. The number of anilines is 1. The number of nitrogens with one attached hydrogen (secondary N) is 1. The molecule has 24 heavy (non-hydrogen) atoms. The highest BCUT2D eigenvalue weighted by atomic mass is 35.5. The highest BCUT2D eigenvalue weighted by Crippen LogP contribution is 2.22. The van der Waals surface area contributed by atoms with Gasteiger partial charge < -0.3 is 10.1 Å². The third-order valence-corrected chi connectivity index (χ3v) is 3.81. The summed E-state index contributed by atoms with van der Waals surface area (Å²) in [5.41, 5.74) is 3.18. The second-order valence-corrected chi connectivity index (χ2v) is 5.74. The summed E-state index contributed by atoms with van der Waals surface area (Å²) in [4.78, 5) is 12.4. The zero-order valence-corrected chi connectivity index (χ0v) is 14.4. The molecule has 0 radical (unpaired) electrons. The molecule has 4 nitrogen and oxygen atoms in total. The minimum absolute atomic E-state index is 0.0256. The molecule has 0 aliphatic carbocycles. The van der Waals surface area contributed by atoms with Crippen molar-refractivity contribution in [3.8, 4) is 11.8 Å². The van der Waals surface area contributed by atoms with Gasteiger partial charge >= 0.3 is 0 Å². The topological polar surface area (TPSA) is 62.1 Å². The number of benzene rings is 2. The quantitative estimate of drug-likeness (QED) is 0.658. The Morgan fingerprint density at radius 3 is 2.54 bits per heavy atom. The molecule has 0 saturated carbocycles. The first-order valence-corrected chi connectivity index (χ1v) is 7.66. The predicted octanol–water partition coefficient (Wildman–Crippen LogP) is 4.51. The molecule has 0 atom stereocenters. The summed E-state index contributed by atoms with van der Waals surface area (Å²) < 4.78 is 5.15. The smallest absolute Gasteiger partial charge is 0.266 e. The van der Waals surface area contributed by atoms with Gasteiger partial charge in [-0.1, -0.05) is 17.7 Å². The number of nitriles is 1. The van der Waals surface area contributed by atoms with E-state index in [0.717, 1.165) is 22.4 Å². The predicted molar refractivity (Wildman–Crippen MR) is 96.1 cm³/mol. The maximum Gasteiger partial charge on any atom is 0.266 e. The van der Waals surface area contributed by atoms with Crippen molar-refractivity contribution in [2.45, 2.75) is 13.8 Å². The zero-order chi connectivity index (χ0) is 17.7. The van der Waals surface area contributed by atoms with Crippen LogP contribution in [0.1, 0.15) is 16.7 Å². The van der Waals surface area contributed by atoms with Gasteiger partial charge in [-0.25, -0.2) is 0 Å². The molecule has 0 aromatic heterocycles. The fourth-order valence-electron chi connectivity index (χ4n) is 2.20. The number of aryl methyl sites for hydroxylation is 2. The third-order valence-electron chi connectivity index (χ3n) is 3.58. The van der Waals surface area contributed by atoms with E-state index < -0.39 is 5.91 Å².